The van der Waals surface area contributed by atoms with Crippen molar-refractivity contribution in [2.45, 2.75) is 19.9 Å². The number of carboxylic acid groups (broad SMARTS) is 1. The number of aliphatic carboxylic acids is 1. The molecule has 5 heteroatoms. The number of halogens is 1. The number of hydrogen-bond donors (Lipinski definition) is 1. The first kappa shape index (κ1) is 14.9. The Balaban J connectivity index is 1.94. The van der Waals surface area contributed by atoms with Gasteiger partial charge in [-0.3, -0.25) is 14.6 Å². The van der Waals surface area contributed by atoms with Crippen molar-refractivity contribution < 1.29 is 14.3 Å². The first-order valence-electron chi connectivity index (χ1n) is 6.96. The average molecular weight is 280 g/mol. The Labute approximate surface area is 118 Å². The van der Waals surface area contributed by atoms with E-state index in [4.69, 9.17) is 5.11 Å². The lowest BCUT2D eigenvalue weighted by Crippen LogP contribution is -2.34. The molecule has 1 fully saturated rings. The van der Waals surface area contributed by atoms with Crippen LogP contribution in [0, 0.1) is 12.7 Å². The molecule has 1 aliphatic rings. The third-order valence-electron chi connectivity index (χ3n) is 3.64. The first-order valence-corrected chi connectivity index (χ1v) is 6.96. The van der Waals surface area contributed by atoms with E-state index in [0.717, 1.165) is 43.7 Å². The van der Waals surface area contributed by atoms with E-state index in [9.17, 15) is 9.18 Å². The molecule has 110 valence electrons. The van der Waals surface area contributed by atoms with E-state index >= 15 is 0 Å². The maximum Gasteiger partial charge on any atom is 0.317 e. The van der Waals surface area contributed by atoms with Crippen LogP contribution in [0.4, 0.5) is 4.39 Å². The lowest BCUT2D eigenvalue weighted by Gasteiger charge is -2.21. The van der Waals surface area contributed by atoms with Crippen LogP contribution in [0.5, 0.6) is 0 Å². The Morgan fingerprint density at radius 2 is 1.95 bits per heavy atom. The molecule has 2 rings (SSSR count). The van der Waals surface area contributed by atoms with Crippen LogP contribution < -0.4 is 0 Å². The van der Waals surface area contributed by atoms with E-state index in [1.807, 2.05) is 17.9 Å². The van der Waals surface area contributed by atoms with Crippen molar-refractivity contribution in [3.05, 3.63) is 35.1 Å². The third-order valence-corrected chi connectivity index (χ3v) is 3.64. The minimum absolute atomic E-state index is 0.0899. The molecule has 1 aliphatic heterocycles. The van der Waals surface area contributed by atoms with E-state index in [0.29, 0.717) is 6.54 Å². The average Bonchev–Trinajstić information content (AvgIpc) is 2.59. The van der Waals surface area contributed by atoms with Crippen molar-refractivity contribution in [3.63, 3.8) is 0 Å². The molecular formula is C15H21FN2O2. The SMILES string of the molecule is Cc1ccc(F)c(CN2CCCN(CC(=O)O)CC2)c1. The second kappa shape index (κ2) is 6.81. The first-order chi connectivity index (χ1) is 9.54. The topological polar surface area (TPSA) is 43.8 Å². The van der Waals surface area contributed by atoms with Gasteiger partial charge in [0.05, 0.1) is 6.54 Å². The number of nitrogens with zero attached hydrogens (tertiary/aromatic N) is 2. The number of benzene rings is 1. The molecule has 0 amide bonds. The van der Waals surface area contributed by atoms with Crippen LogP contribution in [0.1, 0.15) is 17.5 Å². The summed E-state index contributed by atoms with van der Waals surface area (Å²) in [6.07, 6.45) is 0.917. The molecule has 0 unspecified atom stereocenters. The summed E-state index contributed by atoms with van der Waals surface area (Å²) in [7, 11) is 0. The highest BCUT2D eigenvalue weighted by Crippen LogP contribution is 2.14. The second-order valence-corrected chi connectivity index (χ2v) is 5.39. The fourth-order valence-corrected chi connectivity index (χ4v) is 2.60. The van der Waals surface area contributed by atoms with Crippen molar-refractivity contribution >= 4 is 5.97 Å². The summed E-state index contributed by atoms with van der Waals surface area (Å²) in [5.41, 5.74) is 1.78. The molecule has 0 saturated carbocycles. The van der Waals surface area contributed by atoms with Crippen LogP contribution in [0.3, 0.4) is 0 Å². The quantitative estimate of drug-likeness (QED) is 0.912. The molecule has 1 saturated heterocycles. The number of aryl methyl sites for hydroxylation is 1. The van der Waals surface area contributed by atoms with E-state index in [2.05, 4.69) is 4.90 Å². The Morgan fingerprint density at radius 3 is 2.70 bits per heavy atom. The van der Waals surface area contributed by atoms with Gasteiger partial charge in [-0.05, 0) is 26.0 Å². The molecule has 0 spiro atoms. The molecule has 1 heterocycles. The Bertz CT molecular complexity index is 479. The maximum atomic E-state index is 13.8. The Kier molecular flexibility index (Phi) is 5.09. The third kappa shape index (κ3) is 4.28. The zero-order chi connectivity index (χ0) is 14.5. The summed E-state index contributed by atoms with van der Waals surface area (Å²) in [5, 5.41) is 8.82. The monoisotopic (exact) mass is 280 g/mol. The molecule has 20 heavy (non-hydrogen) atoms. The van der Waals surface area contributed by atoms with Gasteiger partial charge in [0.1, 0.15) is 5.82 Å². The highest BCUT2D eigenvalue weighted by atomic mass is 19.1. The van der Waals surface area contributed by atoms with Crippen LogP contribution >= 0.6 is 0 Å². The maximum absolute atomic E-state index is 13.8. The van der Waals surface area contributed by atoms with Gasteiger partial charge in [0, 0.05) is 31.7 Å². The standard InChI is InChI=1S/C15H21FN2O2/c1-12-3-4-14(16)13(9-12)10-17-5-2-6-18(8-7-17)11-15(19)20/h3-4,9H,2,5-8,10-11H2,1H3,(H,19,20). The largest absolute Gasteiger partial charge is 0.480 e. The van der Waals surface area contributed by atoms with Gasteiger partial charge in [-0.25, -0.2) is 4.39 Å². The summed E-state index contributed by atoms with van der Waals surface area (Å²) in [4.78, 5) is 14.9. The number of hydrogen-bond acceptors (Lipinski definition) is 3. The molecule has 4 nitrogen and oxygen atoms in total. The summed E-state index contributed by atoms with van der Waals surface area (Å²) >= 11 is 0. The zero-order valence-electron chi connectivity index (χ0n) is 11.8. The molecule has 0 aromatic heterocycles. The van der Waals surface area contributed by atoms with E-state index in [-0.39, 0.29) is 12.4 Å². The van der Waals surface area contributed by atoms with Gasteiger partial charge < -0.3 is 5.11 Å². The molecule has 1 aromatic carbocycles. The molecule has 0 radical (unpaired) electrons. The van der Waals surface area contributed by atoms with Crippen LogP contribution in [0.25, 0.3) is 0 Å². The van der Waals surface area contributed by atoms with Gasteiger partial charge in [0.2, 0.25) is 0 Å². The van der Waals surface area contributed by atoms with Gasteiger partial charge in [-0.1, -0.05) is 17.7 Å². The van der Waals surface area contributed by atoms with Crippen molar-refractivity contribution in [2.75, 3.05) is 32.7 Å². The Morgan fingerprint density at radius 1 is 1.25 bits per heavy atom. The summed E-state index contributed by atoms with van der Waals surface area (Å²) in [5.74, 6) is -0.953. The molecule has 0 bridgehead atoms. The van der Waals surface area contributed by atoms with Gasteiger partial charge in [0.15, 0.2) is 0 Å². The van der Waals surface area contributed by atoms with Crippen LogP contribution in [0.15, 0.2) is 18.2 Å². The van der Waals surface area contributed by atoms with Gasteiger partial charge in [-0.2, -0.15) is 0 Å². The lowest BCUT2D eigenvalue weighted by atomic mass is 10.1. The molecule has 0 atom stereocenters. The lowest BCUT2D eigenvalue weighted by molar-refractivity contribution is -0.138. The number of carbonyl (C=O) groups is 1. The molecule has 1 N–H and O–H groups in total. The predicted octanol–water partition coefficient (Wildman–Crippen LogP) is 1.73. The van der Waals surface area contributed by atoms with Crippen molar-refractivity contribution in [1.29, 1.82) is 0 Å². The van der Waals surface area contributed by atoms with E-state index in [1.54, 1.807) is 6.07 Å². The minimum Gasteiger partial charge on any atom is -0.480 e. The minimum atomic E-state index is -0.789. The van der Waals surface area contributed by atoms with Gasteiger partial charge in [0.25, 0.3) is 0 Å². The predicted molar refractivity (Wildman–Crippen MR) is 75.1 cm³/mol. The molecular weight excluding hydrogens is 259 g/mol. The Hall–Kier alpha value is -1.46. The zero-order valence-corrected chi connectivity index (χ0v) is 11.8. The van der Waals surface area contributed by atoms with E-state index < -0.39 is 5.97 Å². The molecule has 1 aromatic rings. The number of carboxylic acids is 1. The van der Waals surface area contributed by atoms with Crippen LogP contribution in [-0.2, 0) is 11.3 Å². The number of rotatable bonds is 4. The van der Waals surface area contributed by atoms with Gasteiger partial charge >= 0.3 is 5.97 Å². The van der Waals surface area contributed by atoms with Gasteiger partial charge in [-0.15, -0.1) is 0 Å². The van der Waals surface area contributed by atoms with Crippen LogP contribution in [0.2, 0.25) is 0 Å². The van der Waals surface area contributed by atoms with Crippen LogP contribution in [-0.4, -0.2) is 53.6 Å². The van der Waals surface area contributed by atoms with Crippen molar-refractivity contribution in [2.24, 2.45) is 0 Å². The van der Waals surface area contributed by atoms with E-state index in [1.165, 1.54) is 6.07 Å². The highest BCUT2D eigenvalue weighted by Gasteiger charge is 2.17. The summed E-state index contributed by atoms with van der Waals surface area (Å²) in [6, 6.07) is 5.17. The fourth-order valence-electron chi connectivity index (χ4n) is 2.60. The van der Waals surface area contributed by atoms with Crippen molar-refractivity contribution in [1.82, 2.24) is 9.80 Å². The normalized spacial score (nSPS) is 17.9. The summed E-state index contributed by atoms with van der Waals surface area (Å²) < 4.78 is 13.8. The fraction of sp³-hybridized carbons (Fsp3) is 0.533. The molecule has 0 aliphatic carbocycles. The summed E-state index contributed by atoms with van der Waals surface area (Å²) in [6.45, 7) is 5.81. The second-order valence-electron chi connectivity index (χ2n) is 5.39. The smallest absolute Gasteiger partial charge is 0.317 e. The highest BCUT2D eigenvalue weighted by molar-refractivity contribution is 5.69. The van der Waals surface area contributed by atoms with Crippen molar-refractivity contribution in [3.8, 4) is 0 Å².